The van der Waals surface area contributed by atoms with Crippen LogP contribution >= 0.6 is 0 Å². The van der Waals surface area contributed by atoms with E-state index in [2.05, 4.69) is 37.1 Å². The number of carbonyl (C=O) groups is 1. The third-order valence-electron chi connectivity index (χ3n) is 4.81. The third-order valence-corrected chi connectivity index (χ3v) is 4.81. The normalized spacial score (nSPS) is 26.6. The zero-order valence-corrected chi connectivity index (χ0v) is 12.5. The first-order chi connectivity index (χ1) is 9.66. The molecule has 2 heterocycles. The number of likely N-dealkylation sites (tertiary alicyclic amines) is 1. The molecule has 2 unspecified atom stereocenters. The highest BCUT2D eigenvalue weighted by Crippen LogP contribution is 2.33. The summed E-state index contributed by atoms with van der Waals surface area (Å²) in [5.74, 6) is 0.293. The van der Waals surface area contributed by atoms with Crippen molar-refractivity contribution in [1.82, 2.24) is 4.90 Å². The Balaban J connectivity index is 1.74. The molecule has 0 aromatic heterocycles. The van der Waals surface area contributed by atoms with Gasteiger partial charge in [-0.1, -0.05) is 24.6 Å². The number of amides is 1. The molecule has 1 fully saturated rings. The number of para-hydroxylation sites is 1. The maximum absolute atomic E-state index is 12.7. The summed E-state index contributed by atoms with van der Waals surface area (Å²) in [4.78, 5) is 17.1. The van der Waals surface area contributed by atoms with E-state index in [-0.39, 0.29) is 0 Å². The Labute approximate surface area is 121 Å². The first-order valence-corrected chi connectivity index (χ1v) is 7.77. The predicted octanol–water partition coefficient (Wildman–Crippen LogP) is 2.84. The lowest BCUT2D eigenvalue weighted by Crippen LogP contribution is -2.43. The predicted molar refractivity (Wildman–Crippen MR) is 82.0 cm³/mol. The van der Waals surface area contributed by atoms with E-state index in [0.29, 0.717) is 24.4 Å². The van der Waals surface area contributed by atoms with Crippen LogP contribution in [0.2, 0.25) is 0 Å². The zero-order chi connectivity index (χ0) is 14.1. The van der Waals surface area contributed by atoms with Gasteiger partial charge in [-0.2, -0.15) is 0 Å². The molecule has 2 atom stereocenters. The number of anilines is 1. The van der Waals surface area contributed by atoms with E-state index in [4.69, 9.17) is 0 Å². The minimum Gasteiger partial charge on any atom is -0.309 e. The topological polar surface area (TPSA) is 23.6 Å². The summed E-state index contributed by atoms with van der Waals surface area (Å²) in [6.45, 7) is 3.28. The minimum absolute atomic E-state index is 0.293. The molecule has 0 saturated carbocycles. The molecule has 3 heteroatoms. The van der Waals surface area contributed by atoms with Crippen LogP contribution in [0.15, 0.2) is 24.3 Å². The summed E-state index contributed by atoms with van der Waals surface area (Å²) in [6, 6.07) is 9.05. The molecule has 1 saturated heterocycles. The highest BCUT2D eigenvalue weighted by molar-refractivity contribution is 5.96. The lowest BCUT2D eigenvalue weighted by Gasteiger charge is -2.34. The van der Waals surface area contributed by atoms with E-state index < -0.39 is 0 Å². The standard InChI is InChI=1S/C17H24N2O/c1-13-11-14-7-3-4-9-16(14)19(13)17(20)12-15-8-5-6-10-18(15)2/h3-4,7,9,13,15H,5-6,8,10-12H2,1-2H3. The average molecular weight is 272 g/mol. The van der Waals surface area contributed by atoms with E-state index in [1.807, 2.05) is 11.0 Å². The molecule has 2 aliphatic rings. The van der Waals surface area contributed by atoms with Gasteiger partial charge in [0.05, 0.1) is 0 Å². The maximum atomic E-state index is 12.7. The van der Waals surface area contributed by atoms with Gasteiger partial charge in [-0.3, -0.25) is 4.79 Å². The van der Waals surface area contributed by atoms with Crippen LogP contribution in [0.4, 0.5) is 5.69 Å². The molecule has 1 aromatic rings. The number of benzene rings is 1. The second-order valence-corrected chi connectivity index (χ2v) is 6.28. The number of carbonyl (C=O) groups excluding carboxylic acids is 1. The van der Waals surface area contributed by atoms with Gasteiger partial charge in [0.15, 0.2) is 0 Å². The highest BCUT2D eigenvalue weighted by Gasteiger charge is 2.32. The van der Waals surface area contributed by atoms with Crippen LogP contribution in [0.1, 0.15) is 38.2 Å². The van der Waals surface area contributed by atoms with Crippen molar-refractivity contribution in [2.24, 2.45) is 0 Å². The minimum atomic E-state index is 0.293. The van der Waals surface area contributed by atoms with E-state index in [1.165, 1.54) is 18.4 Å². The lowest BCUT2D eigenvalue weighted by atomic mass is 9.99. The van der Waals surface area contributed by atoms with Crippen molar-refractivity contribution in [2.45, 2.75) is 51.1 Å². The van der Waals surface area contributed by atoms with Gasteiger partial charge in [-0.25, -0.2) is 0 Å². The van der Waals surface area contributed by atoms with Gasteiger partial charge in [0, 0.05) is 24.2 Å². The van der Waals surface area contributed by atoms with E-state index in [0.717, 1.165) is 25.1 Å². The summed E-state index contributed by atoms with van der Waals surface area (Å²) in [5, 5.41) is 0. The first kappa shape index (κ1) is 13.6. The van der Waals surface area contributed by atoms with Gasteiger partial charge in [0.2, 0.25) is 5.91 Å². The molecule has 3 nitrogen and oxygen atoms in total. The molecule has 3 rings (SSSR count). The summed E-state index contributed by atoms with van der Waals surface area (Å²) in [5.41, 5.74) is 2.44. The molecule has 0 N–H and O–H groups in total. The molecule has 1 aromatic carbocycles. The molecule has 0 spiro atoms. The van der Waals surface area contributed by atoms with E-state index >= 15 is 0 Å². The Bertz CT molecular complexity index is 500. The van der Waals surface area contributed by atoms with Gasteiger partial charge in [0.1, 0.15) is 0 Å². The zero-order valence-electron chi connectivity index (χ0n) is 12.5. The molecule has 108 valence electrons. The van der Waals surface area contributed by atoms with Crippen LogP contribution in [0.3, 0.4) is 0 Å². The summed E-state index contributed by atoms with van der Waals surface area (Å²) in [7, 11) is 2.15. The molecule has 0 bridgehead atoms. The average Bonchev–Trinajstić information content (AvgIpc) is 2.77. The van der Waals surface area contributed by atoms with Crippen LogP contribution in [0.25, 0.3) is 0 Å². The Kier molecular flexibility index (Phi) is 3.79. The monoisotopic (exact) mass is 272 g/mol. The Morgan fingerprint density at radius 3 is 2.90 bits per heavy atom. The molecule has 20 heavy (non-hydrogen) atoms. The fourth-order valence-corrected chi connectivity index (χ4v) is 3.65. The van der Waals surface area contributed by atoms with Crippen LogP contribution in [-0.4, -0.2) is 36.5 Å². The molecule has 1 amide bonds. The van der Waals surface area contributed by atoms with E-state index in [9.17, 15) is 4.79 Å². The maximum Gasteiger partial charge on any atom is 0.228 e. The number of fused-ring (bicyclic) bond motifs is 1. The SMILES string of the molecule is CC1Cc2ccccc2N1C(=O)CC1CCCCN1C. The Morgan fingerprint density at radius 2 is 2.10 bits per heavy atom. The van der Waals surface area contributed by atoms with Gasteiger partial charge in [0.25, 0.3) is 0 Å². The Morgan fingerprint density at radius 1 is 1.30 bits per heavy atom. The number of rotatable bonds is 2. The largest absolute Gasteiger partial charge is 0.309 e. The summed E-state index contributed by atoms with van der Waals surface area (Å²) < 4.78 is 0. The first-order valence-electron chi connectivity index (χ1n) is 7.77. The van der Waals surface area contributed by atoms with Crippen LogP contribution in [-0.2, 0) is 11.2 Å². The van der Waals surface area contributed by atoms with Crippen molar-refractivity contribution >= 4 is 11.6 Å². The van der Waals surface area contributed by atoms with Crippen LogP contribution in [0.5, 0.6) is 0 Å². The van der Waals surface area contributed by atoms with Crippen molar-refractivity contribution in [3.63, 3.8) is 0 Å². The van der Waals surface area contributed by atoms with Crippen LogP contribution < -0.4 is 4.90 Å². The fraction of sp³-hybridized carbons (Fsp3) is 0.588. The summed E-state index contributed by atoms with van der Waals surface area (Å²) >= 11 is 0. The number of hydrogen-bond acceptors (Lipinski definition) is 2. The molecule has 2 aliphatic heterocycles. The smallest absolute Gasteiger partial charge is 0.228 e. The van der Waals surface area contributed by atoms with E-state index in [1.54, 1.807) is 0 Å². The van der Waals surface area contributed by atoms with Crippen molar-refractivity contribution in [1.29, 1.82) is 0 Å². The molecule has 0 radical (unpaired) electrons. The number of nitrogens with zero attached hydrogens (tertiary/aromatic N) is 2. The van der Waals surface area contributed by atoms with Crippen molar-refractivity contribution in [3.8, 4) is 0 Å². The lowest BCUT2D eigenvalue weighted by molar-refractivity contribution is -0.120. The number of piperidine rings is 1. The Hall–Kier alpha value is -1.35. The van der Waals surface area contributed by atoms with Gasteiger partial charge in [-0.15, -0.1) is 0 Å². The second-order valence-electron chi connectivity index (χ2n) is 6.28. The molecular formula is C17H24N2O. The van der Waals surface area contributed by atoms with Gasteiger partial charge < -0.3 is 9.80 Å². The quantitative estimate of drug-likeness (QED) is 0.826. The highest BCUT2D eigenvalue weighted by atomic mass is 16.2. The molecule has 0 aliphatic carbocycles. The summed E-state index contributed by atoms with van der Waals surface area (Å²) in [6.07, 6.45) is 5.34. The van der Waals surface area contributed by atoms with Gasteiger partial charge in [-0.05, 0) is 51.4 Å². The van der Waals surface area contributed by atoms with Crippen molar-refractivity contribution < 1.29 is 4.79 Å². The second kappa shape index (κ2) is 5.57. The van der Waals surface area contributed by atoms with Gasteiger partial charge >= 0.3 is 0 Å². The fourth-order valence-electron chi connectivity index (χ4n) is 3.65. The van der Waals surface area contributed by atoms with Crippen molar-refractivity contribution in [3.05, 3.63) is 29.8 Å². The number of hydrogen-bond donors (Lipinski definition) is 0. The van der Waals surface area contributed by atoms with Crippen molar-refractivity contribution in [2.75, 3.05) is 18.5 Å². The van der Waals surface area contributed by atoms with Crippen LogP contribution in [0, 0.1) is 0 Å². The third kappa shape index (κ3) is 2.47. The molecular weight excluding hydrogens is 248 g/mol.